The average Bonchev–Trinajstić information content (AvgIpc) is 2.62. The van der Waals surface area contributed by atoms with Crippen molar-refractivity contribution in [3.63, 3.8) is 0 Å². The van der Waals surface area contributed by atoms with Crippen LogP contribution < -0.4 is 0 Å². The summed E-state index contributed by atoms with van der Waals surface area (Å²) >= 11 is 0. The van der Waals surface area contributed by atoms with E-state index >= 15 is 0 Å². The first kappa shape index (κ1) is 9.71. The monoisotopic (exact) mass is 203 g/mol. The van der Waals surface area contributed by atoms with Crippen molar-refractivity contribution < 1.29 is 4.84 Å². The van der Waals surface area contributed by atoms with Crippen LogP contribution in [0.2, 0.25) is 0 Å². The molecule has 1 aromatic heterocycles. The van der Waals surface area contributed by atoms with E-state index in [-0.39, 0.29) is 0 Å². The van der Waals surface area contributed by atoms with Crippen LogP contribution in [0.4, 0.5) is 0 Å². The van der Waals surface area contributed by atoms with Crippen LogP contribution >= 0.6 is 0 Å². The van der Waals surface area contributed by atoms with Crippen LogP contribution in [0.5, 0.6) is 0 Å². The summed E-state index contributed by atoms with van der Waals surface area (Å²) in [6.45, 7) is 4.18. The number of nitrogens with zero attached hydrogens (tertiary/aromatic N) is 3. The molecule has 0 unspecified atom stereocenters. The maximum absolute atomic E-state index is 5.16. The number of fused-ring (bicyclic) bond motifs is 1. The first-order valence-corrected chi connectivity index (χ1v) is 4.80. The Balaban J connectivity index is 2.18. The summed E-state index contributed by atoms with van der Waals surface area (Å²) in [5, 5.41) is 3.87. The number of para-hydroxylation sites is 2. The summed E-state index contributed by atoms with van der Waals surface area (Å²) in [4.78, 5) is 9.41. The zero-order valence-corrected chi connectivity index (χ0v) is 8.84. The molecule has 4 nitrogen and oxygen atoms in total. The first-order valence-electron chi connectivity index (χ1n) is 4.80. The molecule has 1 aromatic carbocycles. The molecule has 0 N–H and O–H groups in total. The molecule has 0 bridgehead atoms. The zero-order valence-electron chi connectivity index (χ0n) is 8.84. The van der Waals surface area contributed by atoms with Crippen molar-refractivity contribution in [3.8, 4) is 0 Å². The SMILES string of the molecule is CC(C)=NOCn1cnc2ccccc21. The molecule has 0 amide bonds. The molecule has 0 aliphatic carbocycles. The maximum Gasteiger partial charge on any atom is 0.194 e. The second-order valence-corrected chi connectivity index (χ2v) is 3.50. The Bertz CT molecular complexity index is 483. The Labute approximate surface area is 88.2 Å². The van der Waals surface area contributed by atoms with Gasteiger partial charge >= 0.3 is 0 Å². The van der Waals surface area contributed by atoms with Gasteiger partial charge in [-0.25, -0.2) is 4.98 Å². The molecule has 0 fully saturated rings. The normalized spacial score (nSPS) is 10.3. The van der Waals surface area contributed by atoms with Gasteiger partial charge in [-0.1, -0.05) is 17.3 Å². The summed E-state index contributed by atoms with van der Waals surface area (Å²) in [6.07, 6.45) is 1.76. The van der Waals surface area contributed by atoms with Gasteiger partial charge in [0.1, 0.15) is 0 Å². The van der Waals surface area contributed by atoms with Crippen LogP contribution in [-0.2, 0) is 11.6 Å². The minimum atomic E-state index is 0.395. The van der Waals surface area contributed by atoms with Crippen molar-refractivity contribution in [2.75, 3.05) is 0 Å². The lowest BCUT2D eigenvalue weighted by molar-refractivity contribution is 0.0863. The molecule has 0 aliphatic heterocycles. The number of rotatable bonds is 3. The molecule has 0 saturated heterocycles. The van der Waals surface area contributed by atoms with E-state index < -0.39 is 0 Å². The summed E-state index contributed by atoms with van der Waals surface area (Å²) in [5.74, 6) is 0. The standard InChI is InChI=1S/C11H13N3O/c1-9(2)13-15-8-14-7-12-10-5-3-4-6-11(10)14/h3-7H,8H2,1-2H3. The van der Waals surface area contributed by atoms with Gasteiger partial charge in [0.15, 0.2) is 6.73 Å². The Hall–Kier alpha value is -1.84. The molecule has 0 radical (unpaired) electrons. The summed E-state index contributed by atoms with van der Waals surface area (Å²) in [7, 11) is 0. The highest BCUT2D eigenvalue weighted by Gasteiger charge is 2.00. The number of oxime groups is 1. The van der Waals surface area contributed by atoms with Crippen molar-refractivity contribution in [2.24, 2.45) is 5.16 Å². The van der Waals surface area contributed by atoms with Gasteiger partial charge in [-0.05, 0) is 26.0 Å². The van der Waals surface area contributed by atoms with Gasteiger partial charge in [0, 0.05) is 0 Å². The summed E-state index contributed by atoms with van der Waals surface area (Å²) in [6, 6.07) is 7.93. The van der Waals surface area contributed by atoms with Crippen LogP contribution in [0.3, 0.4) is 0 Å². The van der Waals surface area contributed by atoms with Crippen molar-refractivity contribution >= 4 is 16.7 Å². The molecular weight excluding hydrogens is 190 g/mol. The Kier molecular flexibility index (Phi) is 2.67. The van der Waals surface area contributed by atoms with Crippen molar-refractivity contribution in [2.45, 2.75) is 20.6 Å². The van der Waals surface area contributed by atoms with Gasteiger partial charge in [0.25, 0.3) is 0 Å². The molecule has 2 rings (SSSR count). The minimum Gasteiger partial charge on any atom is -0.374 e. The lowest BCUT2D eigenvalue weighted by atomic mass is 10.3. The molecule has 15 heavy (non-hydrogen) atoms. The molecule has 0 aliphatic rings. The van der Waals surface area contributed by atoms with Crippen LogP contribution in [0.1, 0.15) is 13.8 Å². The number of benzene rings is 1. The van der Waals surface area contributed by atoms with Gasteiger partial charge in [-0.15, -0.1) is 0 Å². The largest absolute Gasteiger partial charge is 0.374 e. The molecule has 0 saturated carbocycles. The van der Waals surface area contributed by atoms with Gasteiger partial charge < -0.3 is 4.84 Å². The third-order valence-electron chi connectivity index (χ3n) is 1.97. The van der Waals surface area contributed by atoms with Gasteiger partial charge in [-0.3, -0.25) is 4.57 Å². The highest BCUT2D eigenvalue weighted by atomic mass is 16.6. The molecule has 2 aromatic rings. The predicted octanol–water partition coefficient (Wildman–Crippen LogP) is 2.41. The first-order chi connectivity index (χ1) is 7.27. The fraction of sp³-hybridized carbons (Fsp3) is 0.273. The Morgan fingerprint density at radius 1 is 1.40 bits per heavy atom. The van der Waals surface area contributed by atoms with Crippen molar-refractivity contribution in [1.29, 1.82) is 0 Å². The van der Waals surface area contributed by atoms with Gasteiger partial charge in [0.2, 0.25) is 0 Å². The van der Waals surface area contributed by atoms with Crippen LogP contribution in [0, 0.1) is 0 Å². The molecule has 0 spiro atoms. The third kappa shape index (κ3) is 2.15. The van der Waals surface area contributed by atoms with E-state index in [9.17, 15) is 0 Å². The second kappa shape index (κ2) is 4.13. The molecule has 78 valence electrons. The van der Waals surface area contributed by atoms with Crippen molar-refractivity contribution in [3.05, 3.63) is 30.6 Å². The van der Waals surface area contributed by atoms with Crippen LogP contribution in [-0.4, -0.2) is 15.3 Å². The topological polar surface area (TPSA) is 39.4 Å². The fourth-order valence-electron chi connectivity index (χ4n) is 1.33. The molecule has 4 heteroatoms. The minimum absolute atomic E-state index is 0.395. The van der Waals surface area contributed by atoms with Gasteiger partial charge in [-0.2, -0.15) is 0 Å². The highest BCUT2D eigenvalue weighted by molar-refractivity contribution is 5.78. The molecular formula is C11H13N3O. The van der Waals surface area contributed by atoms with E-state index in [1.807, 2.05) is 42.7 Å². The van der Waals surface area contributed by atoms with Gasteiger partial charge in [0.05, 0.1) is 23.1 Å². The number of hydrogen-bond donors (Lipinski definition) is 0. The third-order valence-corrected chi connectivity index (χ3v) is 1.97. The number of imidazole rings is 1. The second-order valence-electron chi connectivity index (χ2n) is 3.50. The van der Waals surface area contributed by atoms with E-state index in [0.717, 1.165) is 16.7 Å². The molecule has 0 atom stereocenters. The van der Waals surface area contributed by atoms with E-state index in [0.29, 0.717) is 6.73 Å². The van der Waals surface area contributed by atoms with E-state index in [2.05, 4.69) is 10.1 Å². The smallest absolute Gasteiger partial charge is 0.194 e. The number of hydrogen-bond acceptors (Lipinski definition) is 3. The summed E-state index contributed by atoms with van der Waals surface area (Å²) in [5.41, 5.74) is 2.93. The van der Waals surface area contributed by atoms with E-state index in [4.69, 9.17) is 4.84 Å². The lowest BCUT2D eigenvalue weighted by Crippen LogP contribution is -1.98. The zero-order chi connectivity index (χ0) is 10.7. The van der Waals surface area contributed by atoms with Crippen LogP contribution in [0.25, 0.3) is 11.0 Å². The van der Waals surface area contributed by atoms with E-state index in [1.54, 1.807) is 6.33 Å². The predicted molar refractivity (Wildman–Crippen MR) is 59.6 cm³/mol. The average molecular weight is 203 g/mol. The quantitative estimate of drug-likeness (QED) is 0.567. The van der Waals surface area contributed by atoms with Crippen LogP contribution in [0.15, 0.2) is 35.7 Å². The Morgan fingerprint density at radius 2 is 2.20 bits per heavy atom. The highest BCUT2D eigenvalue weighted by Crippen LogP contribution is 2.11. The van der Waals surface area contributed by atoms with Crippen molar-refractivity contribution in [1.82, 2.24) is 9.55 Å². The fourth-order valence-corrected chi connectivity index (χ4v) is 1.33. The summed E-state index contributed by atoms with van der Waals surface area (Å²) < 4.78 is 1.92. The Morgan fingerprint density at radius 3 is 3.00 bits per heavy atom. The lowest BCUT2D eigenvalue weighted by Gasteiger charge is -2.02. The number of aromatic nitrogens is 2. The van der Waals surface area contributed by atoms with E-state index in [1.165, 1.54) is 0 Å². The maximum atomic E-state index is 5.16. The molecule has 1 heterocycles.